The smallest absolute Gasteiger partial charge is 0.300 e. The summed E-state index contributed by atoms with van der Waals surface area (Å²) in [4.78, 5) is 24.5. The number of nitrogens with zero attached hydrogens (tertiary/aromatic N) is 2. The molecule has 1 saturated carbocycles. The molecule has 2 rings (SSSR count). The number of nitrogens with one attached hydrogen (secondary N) is 1. The Labute approximate surface area is 121 Å². The van der Waals surface area contributed by atoms with Gasteiger partial charge in [-0.05, 0) is 32.0 Å². The fourth-order valence-corrected chi connectivity index (χ4v) is 2.27. The molecule has 0 spiro atoms. The number of carbonyl (C=O) groups is 1. The Kier molecular flexibility index (Phi) is 4.57. The molecule has 0 saturated heterocycles. The molecule has 20 heavy (non-hydrogen) atoms. The van der Waals surface area contributed by atoms with E-state index < -0.39 is 10.8 Å². The van der Waals surface area contributed by atoms with Gasteiger partial charge in [0, 0.05) is 19.1 Å². The molecular formula is C13H16ClN3O3. The Morgan fingerprint density at radius 3 is 2.85 bits per heavy atom. The van der Waals surface area contributed by atoms with Crippen molar-refractivity contribution in [1.82, 2.24) is 10.2 Å². The highest BCUT2D eigenvalue weighted by Crippen LogP contribution is 2.28. The molecule has 0 aliphatic heterocycles. The van der Waals surface area contributed by atoms with Crippen LogP contribution in [-0.2, 0) is 0 Å². The maximum Gasteiger partial charge on any atom is 0.300 e. The summed E-state index contributed by atoms with van der Waals surface area (Å²) in [7, 11) is 2.01. The molecule has 1 amide bonds. The Balaban J connectivity index is 1.98. The molecule has 1 aromatic rings. The summed E-state index contributed by atoms with van der Waals surface area (Å²) in [6, 6.07) is 4.95. The summed E-state index contributed by atoms with van der Waals surface area (Å²) in [6.07, 6.45) is 2.40. The molecule has 0 bridgehead atoms. The predicted molar refractivity (Wildman–Crippen MR) is 76.1 cm³/mol. The Morgan fingerprint density at radius 1 is 1.55 bits per heavy atom. The van der Waals surface area contributed by atoms with Crippen molar-refractivity contribution in [2.24, 2.45) is 0 Å². The first-order valence-corrected chi connectivity index (χ1v) is 6.80. The van der Waals surface area contributed by atoms with E-state index >= 15 is 0 Å². The zero-order chi connectivity index (χ0) is 14.7. The number of nitro benzene ring substituents is 1. The quantitative estimate of drug-likeness (QED) is 0.644. The van der Waals surface area contributed by atoms with Crippen LogP contribution < -0.4 is 5.32 Å². The van der Waals surface area contributed by atoms with E-state index in [1.807, 2.05) is 7.05 Å². The van der Waals surface area contributed by atoms with Gasteiger partial charge in [0.1, 0.15) is 10.6 Å². The molecule has 0 atom stereocenters. The summed E-state index contributed by atoms with van der Waals surface area (Å²) in [5.74, 6) is -0.469. The van der Waals surface area contributed by atoms with E-state index in [9.17, 15) is 14.9 Å². The van der Waals surface area contributed by atoms with Gasteiger partial charge in [0.25, 0.3) is 5.91 Å². The molecule has 1 fully saturated rings. The van der Waals surface area contributed by atoms with E-state index in [1.165, 1.54) is 31.0 Å². The van der Waals surface area contributed by atoms with Gasteiger partial charge < -0.3 is 10.2 Å². The Morgan fingerprint density at radius 2 is 2.25 bits per heavy atom. The van der Waals surface area contributed by atoms with E-state index in [-0.39, 0.29) is 16.3 Å². The first kappa shape index (κ1) is 14.7. The maximum atomic E-state index is 12.0. The van der Waals surface area contributed by atoms with Gasteiger partial charge in [-0.1, -0.05) is 17.7 Å². The van der Waals surface area contributed by atoms with Crippen LogP contribution in [0.25, 0.3) is 0 Å². The Bertz CT molecular complexity index is 532. The van der Waals surface area contributed by atoms with Crippen molar-refractivity contribution < 1.29 is 9.72 Å². The highest BCUT2D eigenvalue weighted by molar-refractivity contribution is 6.33. The summed E-state index contributed by atoms with van der Waals surface area (Å²) in [5, 5.41) is 13.6. The van der Waals surface area contributed by atoms with Crippen LogP contribution >= 0.6 is 11.6 Å². The van der Waals surface area contributed by atoms with Crippen LogP contribution in [-0.4, -0.2) is 41.9 Å². The molecule has 0 radical (unpaired) electrons. The fraction of sp³-hybridized carbons (Fsp3) is 0.462. The molecule has 0 unspecified atom stereocenters. The van der Waals surface area contributed by atoms with Crippen molar-refractivity contribution in [3.05, 3.63) is 38.9 Å². The van der Waals surface area contributed by atoms with Gasteiger partial charge in [-0.2, -0.15) is 0 Å². The van der Waals surface area contributed by atoms with Crippen LogP contribution in [0.15, 0.2) is 18.2 Å². The second-order valence-corrected chi connectivity index (χ2v) is 5.27. The highest BCUT2D eigenvalue weighted by atomic mass is 35.5. The van der Waals surface area contributed by atoms with E-state index in [0.717, 1.165) is 6.54 Å². The van der Waals surface area contributed by atoms with Gasteiger partial charge >= 0.3 is 5.69 Å². The van der Waals surface area contributed by atoms with E-state index in [0.29, 0.717) is 12.6 Å². The number of hydrogen-bond acceptors (Lipinski definition) is 4. The van der Waals surface area contributed by atoms with Gasteiger partial charge in [0.05, 0.1) is 4.92 Å². The van der Waals surface area contributed by atoms with Crippen molar-refractivity contribution in [2.75, 3.05) is 20.1 Å². The SMILES string of the molecule is CN(CCNC(=O)c1cccc(Cl)c1[N+](=O)[O-])C1CC1. The number of benzene rings is 1. The lowest BCUT2D eigenvalue weighted by atomic mass is 10.1. The van der Waals surface area contributed by atoms with Crippen LogP contribution in [0.1, 0.15) is 23.2 Å². The first-order chi connectivity index (χ1) is 9.50. The lowest BCUT2D eigenvalue weighted by Gasteiger charge is -2.15. The third kappa shape index (κ3) is 3.46. The first-order valence-electron chi connectivity index (χ1n) is 6.42. The third-order valence-corrected chi connectivity index (χ3v) is 3.64. The molecular weight excluding hydrogens is 282 g/mol. The van der Waals surface area contributed by atoms with Crippen molar-refractivity contribution in [1.29, 1.82) is 0 Å². The monoisotopic (exact) mass is 297 g/mol. The topological polar surface area (TPSA) is 75.5 Å². The van der Waals surface area contributed by atoms with Crippen LogP contribution in [0, 0.1) is 10.1 Å². The average Bonchev–Trinajstić information content (AvgIpc) is 3.21. The molecule has 6 nitrogen and oxygen atoms in total. The van der Waals surface area contributed by atoms with Crippen LogP contribution in [0.3, 0.4) is 0 Å². The highest BCUT2D eigenvalue weighted by Gasteiger charge is 2.26. The van der Waals surface area contributed by atoms with Gasteiger partial charge in [-0.3, -0.25) is 14.9 Å². The van der Waals surface area contributed by atoms with Gasteiger partial charge in [-0.25, -0.2) is 0 Å². The number of para-hydroxylation sites is 1. The average molecular weight is 298 g/mol. The minimum Gasteiger partial charge on any atom is -0.351 e. The summed E-state index contributed by atoms with van der Waals surface area (Å²) < 4.78 is 0. The number of nitro groups is 1. The standard InChI is InChI=1S/C13H16ClN3O3/c1-16(9-5-6-9)8-7-15-13(18)10-3-2-4-11(14)12(10)17(19)20/h2-4,9H,5-8H2,1H3,(H,15,18). The molecule has 1 aromatic carbocycles. The predicted octanol–water partition coefficient (Wildman–Crippen LogP) is 2.07. The summed E-state index contributed by atoms with van der Waals surface area (Å²) >= 11 is 5.77. The van der Waals surface area contributed by atoms with Crippen molar-refractivity contribution >= 4 is 23.2 Å². The fourth-order valence-electron chi connectivity index (χ4n) is 2.02. The van der Waals surface area contributed by atoms with Crippen molar-refractivity contribution in [2.45, 2.75) is 18.9 Å². The van der Waals surface area contributed by atoms with E-state index in [4.69, 9.17) is 11.6 Å². The van der Waals surface area contributed by atoms with Crippen LogP contribution in [0.5, 0.6) is 0 Å². The zero-order valence-electron chi connectivity index (χ0n) is 11.1. The normalized spacial score (nSPS) is 14.3. The molecule has 0 heterocycles. The molecule has 0 aromatic heterocycles. The van der Waals surface area contributed by atoms with E-state index in [2.05, 4.69) is 10.2 Å². The van der Waals surface area contributed by atoms with Crippen LogP contribution in [0.2, 0.25) is 5.02 Å². The number of carbonyl (C=O) groups excluding carboxylic acids is 1. The van der Waals surface area contributed by atoms with Gasteiger partial charge in [0.15, 0.2) is 0 Å². The molecule has 1 aliphatic rings. The second-order valence-electron chi connectivity index (χ2n) is 4.86. The Hall–Kier alpha value is -1.66. The lowest BCUT2D eigenvalue weighted by molar-refractivity contribution is -0.385. The molecule has 1 N–H and O–H groups in total. The van der Waals surface area contributed by atoms with Gasteiger partial charge in [0.2, 0.25) is 0 Å². The molecule has 108 valence electrons. The van der Waals surface area contributed by atoms with E-state index in [1.54, 1.807) is 0 Å². The third-order valence-electron chi connectivity index (χ3n) is 3.33. The number of hydrogen-bond donors (Lipinski definition) is 1. The lowest BCUT2D eigenvalue weighted by Crippen LogP contribution is -2.34. The van der Waals surface area contributed by atoms with Crippen molar-refractivity contribution in [3.63, 3.8) is 0 Å². The van der Waals surface area contributed by atoms with Gasteiger partial charge in [-0.15, -0.1) is 0 Å². The van der Waals surface area contributed by atoms with Crippen molar-refractivity contribution in [3.8, 4) is 0 Å². The number of halogens is 1. The zero-order valence-corrected chi connectivity index (χ0v) is 11.9. The summed E-state index contributed by atoms with van der Waals surface area (Å²) in [5.41, 5.74) is -0.348. The number of likely N-dealkylation sites (N-methyl/N-ethyl adjacent to an activating group) is 1. The molecule has 1 aliphatic carbocycles. The molecule has 7 heteroatoms. The largest absolute Gasteiger partial charge is 0.351 e. The van der Waals surface area contributed by atoms with Crippen LogP contribution in [0.4, 0.5) is 5.69 Å². The maximum absolute atomic E-state index is 12.0. The minimum atomic E-state index is -0.631. The summed E-state index contributed by atoms with van der Waals surface area (Å²) in [6.45, 7) is 1.18. The second kappa shape index (κ2) is 6.19. The number of rotatable bonds is 6. The minimum absolute atomic E-state index is 0.00317. The number of amides is 1.